The lowest BCUT2D eigenvalue weighted by Gasteiger charge is -2.17. The maximum absolute atomic E-state index is 12.4. The molecule has 0 aliphatic carbocycles. The number of carbonyl (C=O) groups excluding carboxylic acids is 1. The topological polar surface area (TPSA) is 68.6 Å². The number of aryl methyl sites for hydroxylation is 1. The number of likely N-dealkylation sites (tertiary alicyclic amines) is 1. The number of amides is 1. The molecule has 2 heterocycles. The Morgan fingerprint density at radius 1 is 1.48 bits per heavy atom. The lowest BCUT2D eigenvalue weighted by molar-refractivity contribution is -0.120. The average molecular weight is 296 g/mol. The molecule has 1 N–H and O–H groups in total. The van der Waals surface area contributed by atoms with E-state index in [-0.39, 0.29) is 18.1 Å². The number of hydrogen-bond donors (Lipinski definition) is 1. The molecule has 0 saturated carbocycles. The molecule has 1 fully saturated rings. The summed E-state index contributed by atoms with van der Waals surface area (Å²) in [5.74, 6) is 0.693. The van der Waals surface area contributed by atoms with Crippen molar-refractivity contribution in [2.75, 3.05) is 39.7 Å². The Balaban J connectivity index is 1.98. The third-order valence-corrected chi connectivity index (χ3v) is 3.89. The van der Waals surface area contributed by atoms with Crippen molar-refractivity contribution < 1.29 is 14.3 Å². The van der Waals surface area contributed by atoms with E-state index in [1.807, 2.05) is 25.1 Å². The maximum atomic E-state index is 12.4. The minimum atomic E-state index is -0.160. The van der Waals surface area contributed by atoms with Gasteiger partial charge in [-0.3, -0.25) is 14.4 Å². The zero-order chi connectivity index (χ0) is 15.4. The summed E-state index contributed by atoms with van der Waals surface area (Å²) in [6.45, 7) is 1.39. The van der Waals surface area contributed by atoms with Crippen LogP contribution in [0.4, 0.5) is 5.82 Å². The van der Waals surface area contributed by atoms with E-state index >= 15 is 0 Å². The van der Waals surface area contributed by atoms with Gasteiger partial charge in [0, 0.05) is 40.3 Å². The molecule has 21 heavy (non-hydrogen) atoms. The SMILES string of the molecule is COCCc1cc(NC(=O)[C@@H]2C[C@H](OC)CN2C)n(C)n1. The molecule has 1 amide bonds. The fraction of sp³-hybridized carbons (Fsp3) is 0.714. The van der Waals surface area contributed by atoms with Gasteiger partial charge in [-0.05, 0) is 13.5 Å². The van der Waals surface area contributed by atoms with Gasteiger partial charge in [-0.2, -0.15) is 5.10 Å². The van der Waals surface area contributed by atoms with Crippen LogP contribution in [0.1, 0.15) is 12.1 Å². The van der Waals surface area contributed by atoms with Crippen LogP contribution >= 0.6 is 0 Å². The van der Waals surface area contributed by atoms with Crippen molar-refractivity contribution in [1.29, 1.82) is 0 Å². The third kappa shape index (κ3) is 3.81. The van der Waals surface area contributed by atoms with Crippen molar-refractivity contribution in [2.24, 2.45) is 7.05 Å². The third-order valence-electron chi connectivity index (χ3n) is 3.89. The van der Waals surface area contributed by atoms with Gasteiger partial charge in [-0.1, -0.05) is 0 Å². The number of rotatable bonds is 6. The fourth-order valence-electron chi connectivity index (χ4n) is 2.61. The zero-order valence-electron chi connectivity index (χ0n) is 13.1. The van der Waals surface area contributed by atoms with E-state index in [2.05, 4.69) is 10.4 Å². The Bertz CT molecular complexity index is 489. The minimum Gasteiger partial charge on any atom is -0.384 e. The van der Waals surface area contributed by atoms with Crippen molar-refractivity contribution in [3.05, 3.63) is 11.8 Å². The van der Waals surface area contributed by atoms with Crippen molar-refractivity contribution in [1.82, 2.24) is 14.7 Å². The molecule has 0 unspecified atom stereocenters. The second kappa shape index (κ2) is 7.02. The molecule has 2 atom stereocenters. The van der Waals surface area contributed by atoms with Gasteiger partial charge >= 0.3 is 0 Å². The highest BCUT2D eigenvalue weighted by atomic mass is 16.5. The molecule has 1 aliphatic rings. The molecule has 1 aromatic heterocycles. The number of carbonyl (C=O) groups is 1. The normalized spacial score (nSPS) is 22.7. The van der Waals surface area contributed by atoms with E-state index in [1.54, 1.807) is 18.9 Å². The summed E-state index contributed by atoms with van der Waals surface area (Å²) >= 11 is 0. The smallest absolute Gasteiger partial charge is 0.242 e. The highest BCUT2D eigenvalue weighted by Gasteiger charge is 2.34. The van der Waals surface area contributed by atoms with Crippen LogP contribution in [0.3, 0.4) is 0 Å². The second-order valence-electron chi connectivity index (χ2n) is 5.43. The molecule has 7 nitrogen and oxygen atoms in total. The molecular formula is C14H24N4O3. The quantitative estimate of drug-likeness (QED) is 0.816. The van der Waals surface area contributed by atoms with Gasteiger partial charge in [-0.15, -0.1) is 0 Å². The van der Waals surface area contributed by atoms with Gasteiger partial charge in [0.2, 0.25) is 5.91 Å². The number of anilines is 1. The molecule has 7 heteroatoms. The standard InChI is InChI=1S/C14H24N4O3/c1-17-9-11(21-4)8-12(17)14(19)15-13-7-10(5-6-20-3)16-18(13)2/h7,11-12H,5-6,8-9H2,1-4H3,(H,15,19)/t11-,12-/m0/s1. The fourth-order valence-corrected chi connectivity index (χ4v) is 2.61. The largest absolute Gasteiger partial charge is 0.384 e. The monoisotopic (exact) mass is 296 g/mol. The summed E-state index contributed by atoms with van der Waals surface area (Å²) in [4.78, 5) is 14.4. The molecule has 1 aliphatic heterocycles. The number of nitrogens with one attached hydrogen (secondary N) is 1. The Hall–Kier alpha value is -1.44. The van der Waals surface area contributed by atoms with Gasteiger partial charge < -0.3 is 14.8 Å². The highest BCUT2D eigenvalue weighted by molar-refractivity contribution is 5.94. The summed E-state index contributed by atoms with van der Waals surface area (Å²) in [6.07, 6.45) is 1.57. The average Bonchev–Trinajstić information content (AvgIpc) is 3.00. The predicted octanol–water partition coefficient (Wildman–Crippen LogP) is 0.267. The first-order chi connectivity index (χ1) is 10.0. The lowest BCUT2D eigenvalue weighted by atomic mass is 10.2. The van der Waals surface area contributed by atoms with Crippen molar-refractivity contribution >= 4 is 11.7 Å². The molecule has 0 spiro atoms. The van der Waals surface area contributed by atoms with Crippen molar-refractivity contribution in [3.8, 4) is 0 Å². The zero-order valence-corrected chi connectivity index (χ0v) is 13.1. The number of ether oxygens (including phenoxy) is 2. The van der Waals surface area contributed by atoms with Crippen LogP contribution in [-0.4, -0.2) is 67.2 Å². The molecule has 1 aromatic rings. The van der Waals surface area contributed by atoms with Crippen LogP contribution in [0.2, 0.25) is 0 Å². The first-order valence-electron chi connectivity index (χ1n) is 7.11. The molecule has 0 aromatic carbocycles. The van der Waals surface area contributed by atoms with Crippen LogP contribution in [0, 0.1) is 0 Å². The molecule has 0 radical (unpaired) electrons. The molecule has 118 valence electrons. The first-order valence-corrected chi connectivity index (χ1v) is 7.11. The lowest BCUT2D eigenvalue weighted by Crippen LogP contribution is -2.37. The Morgan fingerprint density at radius 3 is 2.86 bits per heavy atom. The van der Waals surface area contributed by atoms with E-state index < -0.39 is 0 Å². The summed E-state index contributed by atoms with van der Waals surface area (Å²) in [6, 6.07) is 1.73. The van der Waals surface area contributed by atoms with Gasteiger partial charge in [0.25, 0.3) is 0 Å². The number of hydrogen-bond acceptors (Lipinski definition) is 5. The van der Waals surface area contributed by atoms with E-state index in [0.717, 1.165) is 18.7 Å². The van der Waals surface area contributed by atoms with Crippen molar-refractivity contribution in [3.63, 3.8) is 0 Å². The van der Waals surface area contributed by atoms with Gasteiger partial charge in [0.15, 0.2) is 0 Å². The van der Waals surface area contributed by atoms with Gasteiger partial charge in [0.05, 0.1) is 24.4 Å². The van der Waals surface area contributed by atoms with Crippen LogP contribution in [0.25, 0.3) is 0 Å². The van der Waals surface area contributed by atoms with E-state index in [1.165, 1.54) is 0 Å². The molecule has 1 saturated heterocycles. The summed E-state index contributed by atoms with van der Waals surface area (Å²) in [5, 5.41) is 7.31. The summed E-state index contributed by atoms with van der Waals surface area (Å²) < 4.78 is 12.1. The summed E-state index contributed by atoms with van der Waals surface area (Å²) in [5.41, 5.74) is 0.907. The number of aromatic nitrogens is 2. The van der Waals surface area contributed by atoms with E-state index in [9.17, 15) is 4.79 Å². The number of likely N-dealkylation sites (N-methyl/N-ethyl adjacent to an activating group) is 1. The van der Waals surface area contributed by atoms with E-state index in [4.69, 9.17) is 9.47 Å². The van der Waals surface area contributed by atoms with Crippen LogP contribution < -0.4 is 5.32 Å². The van der Waals surface area contributed by atoms with Crippen LogP contribution in [-0.2, 0) is 27.7 Å². The van der Waals surface area contributed by atoms with E-state index in [0.29, 0.717) is 18.8 Å². The summed E-state index contributed by atoms with van der Waals surface area (Å²) in [7, 11) is 7.11. The number of methoxy groups -OCH3 is 2. The Kier molecular flexibility index (Phi) is 5.33. The minimum absolute atomic E-state index is 0.0154. The van der Waals surface area contributed by atoms with Crippen LogP contribution in [0.15, 0.2) is 6.07 Å². The maximum Gasteiger partial charge on any atom is 0.242 e. The number of nitrogens with zero attached hydrogens (tertiary/aromatic N) is 3. The molecule has 0 bridgehead atoms. The first kappa shape index (κ1) is 15.9. The highest BCUT2D eigenvalue weighted by Crippen LogP contribution is 2.20. The predicted molar refractivity (Wildman–Crippen MR) is 79.2 cm³/mol. The molecule has 2 rings (SSSR count). The Labute approximate surface area is 125 Å². The van der Waals surface area contributed by atoms with Crippen LogP contribution in [0.5, 0.6) is 0 Å². The van der Waals surface area contributed by atoms with Gasteiger partial charge in [-0.25, -0.2) is 0 Å². The van der Waals surface area contributed by atoms with Gasteiger partial charge in [0.1, 0.15) is 5.82 Å². The second-order valence-corrected chi connectivity index (χ2v) is 5.43. The van der Waals surface area contributed by atoms with Crippen molar-refractivity contribution in [2.45, 2.75) is 25.0 Å². The Morgan fingerprint density at radius 2 is 2.24 bits per heavy atom. The molecular weight excluding hydrogens is 272 g/mol.